The van der Waals surface area contributed by atoms with Crippen LogP contribution in [0.4, 0.5) is 4.39 Å². The number of carbonyl (C=O) groups is 1. The van der Waals surface area contributed by atoms with E-state index in [2.05, 4.69) is 14.9 Å². The summed E-state index contributed by atoms with van der Waals surface area (Å²) in [6.07, 6.45) is 3.39. The number of methoxy groups -OCH3 is 1. The Morgan fingerprint density at radius 1 is 1.44 bits per heavy atom. The number of benzene rings is 1. The Kier molecular flexibility index (Phi) is 8.63. The zero-order chi connectivity index (χ0) is 24.1. The molecule has 0 radical (unpaired) electrons. The van der Waals surface area contributed by atoms with Gasteiger partial charge in [-0.1, -0.05) is 23.4 Å². The van der Waals surface area contributed by atoms with Gasteiger partial charge in [0.15, 0.2) is 0 Å². The average Bonchev–Trinajstić information content (AvgIpc) is 3.36. The number of alkyl halides is 1. The summed E-state index contributed by atoms with van der Waals surface area (Å²) in [7, 11) is 1.56. The summed E-state index contributed by atoms with van der Waals surface area (Å²) in [5.74, 6) is 0.0930. The molecule has 1 N–H and O–H groups in total. The molecule has 1 aliphatic heterocycles. The van der Waals surface area contributed by atoms with E-state index in [0.717, 1.165) is 29.6 Å². The number of nitrogens with zero attached hydrogens (tertiary/aromatic N) is 3. The Hall–Kier alpha value is -1.94. The van der Waals surface area contributed by atoms with Gasteiger partial charge >= 0.3 is 5.97 Å². The molecule has 0 unspecified atom stereocenters. The number of thioether (sulfide) groups is 1. The Labute approximate surface area is 211 Å². The zero-order valence-electron chi connectivity index (χ0n) is 18.8. The summed E-state index contributed by atoms with van der Waals surface area (Å²) in [6, 6.07) is 5.31. The second-order valence-electron chi connectivity index (χ2n) is 8.39. The number of halogens is 2. The molecule has 1 aromatic carbocycles. The van der Waals surface area contributed by atoms with Crippen molar-refractivity contribution in [3.8, 4) is 5.75 Å². The third kappa shape index (κ3) is 6.00. The third-order valence-electron chi connectivity index (χ3n) is 6.37. The van der Waals surface area contributed by atoms with Crippen LogP contribution in [0.1, 0.15) is 31.0 Å². The molecule has 3 aromatic rings. The maximum Gasteiger partial charge on any atom is 0.308 e. The van der Waals surface area contributed by atoms with Crippen LogP contribution in [0.3, 0.4) is 0 Å². The van der Waals surface area contributed by atoms with E-state index in [-0.39, 0.29) is 17.4 Å². The first-order valence-corrected chi connectivity index (χ1v) is 13.4. The number of fused-ring (bicyclic) bond motifs is 1. The van der Waals surface area contributed by atoms with E-state index in [4.69, 9.17) is 16.3 Å². The minimum atomic E-state index is -1.31. The Balaban J connectivity index is 1.38. The summed E-state index contributed by atoms with van der Waals surface area (Å²) in [5, 5.41) is 12.7. The third-order valence-corrected chi connectivity index (χ3v) is 8.62. The van der Waals surface area contributed by atoms with Crippen molar-refractivity contribution in [2.75, 3.05) is 32.5 Å². The van der Waals surface area contributed by atoms with E-state index in [1.165, 1.54) is 6.20 Å². The van der Waals surface area contributed by atoms with Crippen molar-refractivity contribution in [2.24, 2.45) is 11.8 Å². The fraction of sp³-hybridized carbons (Fsp3) is 0.458. The highest BCUT2D eigenvalue weighted by atomic mass is 35.5. The maximum atomic E-state index is 15.5. The lowest BCUT2D eigenvalue weighted by Gasteiger charge is -2.36. The SMILES string of the molecule is COc1ccc2ncc(Cl)c([C@@H](F)CC[C@H]3CCN(CCSc4nccs4)C[C@H]3C(=O)O)c2c1. The second-order valence-corrected chi connectivity index (χ2v) is 11.0. The van der Waals surface area contributed by atoms with Gasteiger partial charge in [0, 0.05) is 47.6 Å². The van der Waals surface area contributed by atoms with E-state index in [0.29, 0.717) is 35.2 Å². The second kappa shape index (κ2) is 11.7. The molecule has 0 aliphatic carbocycles. The molecule has 6 nitrogen and oxygen atoms in total. The molecule has 3 atom stereocenters. The van der Waals surface area contributed by atoms with Gasteiger partial charge in [0.2, 0.25) is 0 Å². The lowest BCUT2D eigenvalue weighted by Crippen LogP contribution is -2.44. The topological polar surface area (TPSA) is 75.5 Å². The number of hydrogen-bond acceptors (Lipinski definition) is 7. The number of aromatic nitrogens is 2. The molecule has 0 spiro atoms. The summed E-state index contributed by atoms with van der Waals surface area (Å²) in [6.45, 7) is 2.12. The van der Waals surface area contributed by atoms with E-state index >= 15 is 4.39 Å². The number of carboxylic acid groups (broad SMARTS) is 1. The van der Waals surface area contributed by atoms with Crippen LogP contribution in [0.2, 0.25) is 5.02 Å². The highest BCUT2D eigenvalue weighted by molar-refractivity contribution is 8.01. The van der Waals surface area contributed by atoms with Crippen molar-refractivity contribution in [3.05, 3.63) is 46.6 Å². The van der Waals surface area contributed by atoms with Crippen LogP contribution < -0.4 is 4.74 Å². The van der Waals surface area contributed by atoms with Crippen molar-refractivity contribution in [1.29, 1.82) is 0 Å². The highest BCUT2D eigenvalue weighted by Crippen LogP contribution is 2.38. The molecule has 0 saturated carbocycles. The number of likely N-dealkylation sites (tertiary alicyclic amines) is 1. The Morgan fingerprint density at radius 3 is 3.03 bits per heavy atom. The molecular weight excluding hydrogens is 497 g/mol. The van der Waals surface area contributed by atoms with Crippen LogP contribution in [-0.2, 0) is 4.79 Å². The Morgan fingerprint density at radius 2 is 2.29 bits per heavy atom. The number of thiazole rings is 1. The van der Waals surface area contributed by atoms with Gasteiger partial charge in [-0.15, -0.1) is 11.3 Å². The standard InChI is InChI=1S/C24H27ClFN3O3S2/c1-32-16-3-5-21-17(12-16)22(19(25)13-28-21)20(26)4-2-15-6-8-29(14-18(15)23(30)31)9-11-34-24-27-7-10-33-24/h3,5,7,10,12-13,15,18,20H,2,4,6,8-9,11,14H2,1H3,(H,30,31)/t15-,18+,20-/m0/s1. The minimum absolute atomic E-state index is 0.0694. The highest BCUT2D eigenvalue weighted by Gasteiger charge is 2.34. The summed E-state index contributed by atoms with van der Waals surface area (Å²) in [5.41, 5.74) is 1.05. The van der Waals surface area contributed by atoms with Crippen LogP contribution in [-0.4, -0.2) is 58.4 Å². The van der Waals surface area contributed by atoms with Gasteiger partial charge < -0.3 is 14.7 Å². The predicted molar refractivity (Wildman–Crippen MR) is 135 cm³/mol. The van der Waals surface area contributed by atoms with E-state index in [1.807, 2.05) is 5.38 Å². The molecule has 182 valence electrons. The number of rotatable bonds is 10. The fourth-order valence-corrected chi connectivity index (χ4v) is 6.54. The van der Waals surface area contributed by atoms with Crippen LogP contribution in [0.25, 0.3) is 10.9 Å². The Bertz CT molecular complexity index is 1120. The van der Waals surface area contributed by atoms with Crippen LogP contribution in [0.15, 0.2) is 40.3 Å². The molecule has 1 saturated heterocycles. The predicted octanol–water partition coefficient (Wildman–Crippen LogP) is 5.96. The molecule has 1 aliphatic rings. The molecule has 0 bridgehead atoms. The lowest BCUT2D eigenvalue weighted by atomic mass is 9.81. The lowest BCUT2D eigenvalue weighted by molar-refractivity contribution is -0.146. The fourth-order valence-electron chi connectivity index (χ4n) is 4.56. The van der Waals surface area contributed by atoms with E-state index in [9.17, 15) is 9.90 Å². The summed E-state index contributed by atoms with van der Waals surface area (Å²) >= 11 is 9.65. The number of piperidine rings is 1. The first-order valence-electron chi connectivity index (χ1n) is 11.2. The molecule has 1 fully saturated rings. The molecule has 34 heavy (non-hydrogen) atoms. The van der Waals surface area contributed by atoms with Crippen molar-refractivity contribution >= 4 is 51.6 Å². The van der Waals surface area contributed by atoms with Gasteiger partial charge in [-0.05, 0) is 49.9 Å². The number of hydrogen-bond donors (Lipinski definition) is 1. The van der Waals surface area contributed by atoms with Crippen molar-refractivity contribution in [2.45, 2.75) is 29.8 Å². The van der Waals surface area contributed by atoms with Gasteiger partial charge in [0.25, 0.3) is 0 Å². The number of aliphatic carboxylic acids is 1. The molecule has 4 rings (SSSR count). The smallest absolute Gasteiger partial charge is 0.308 e. The first-order chi connectivity index (χ1) is 16.5. The summed E-state index contributed by atoms with van der Waals surface area (Å²) < 4.78 is 21.8. The maximum absolute atomic E-state index is 15.5. The monoisotopic (exact) mass is 523 g/mol. The average molecular weight is 524 g/mol. The van der Waals surface area contributed by atoms with Gasteiger partial charge in [0.1, 0.15) is 16.3 Å². The quantitative estimate of drug-likeness (QED) is 0.328. The van der Waals surface area contributed by atoms with Crippen LogP contribution in [0, 0.1) is 11.8 Å². The van der Waals surface area contributed by atoms with Crippen molar-refractivity contribution in [1.82, 2.24) is 14.9 Å². The van der Waals surface area contributed by atoms with Gasteiger partial charge in [-0.25, -0.2) is 9.37 Å². The largest absolute Gasteiger partial charge is 0.497 e. The molecular formula is C24H27ClFN3O3S2. The summed E-state index contributed by atoms with van der Waals surface area (Å²) in [4.78, 5) is 22.8. The zero-order valence-corrected chi connectivity index (χ0v) is 21.2. The van der Waals surface area contributed by atoms with Gasteiger partial charge in [-0.3, -0.25) is 9.78 Å². The number of carboxylic acids is 1. The van der Waals surface area contributed by atoms with Crippen molar-refractivity contribution in [3.63, 3.8) is 0 Å². The first kappa shape index (κ1) is 25.2. The van der Waals surface area contributed by atoms with E-state index < -0.39 is 18.1 Å². The van der Waals surface area contributed by atoms with Gasteiger partial charge in [0.05, 0.1) is 23.6 Å². The van der Waals surface area contributed by atoms with Gasteiger partial charge in [-0.2, -0.15) is 0 Å². The van der Waals surface area contributed by atoms with E-state index in [1.54, 1.807) is 54.6 Å². The molecule has 0 amide bonds. The minimum Gasteiger partial charge on any atom is -0.497 e. The molecule has 3 heterocycles. The van der Waals surface area contributed by atoms with Crippen molar-refractivity contribution < 1.29 is 19.0 Å². The normalized spacial score (nSPS) is 19.9. The van der Waals surface area contributed by atoms with Crippen LogP contribution >= 0.6 is 34.7 Å². The molecule has 10 heteroatoms. The molecule has 2 aromatic heterocycles. The van der Waals surface area contributed by atoms with Crippen LogP contribution in [0.5, 0.6) is 5.75 Å². The number of pyridine rings is 1. The number of ether oxygens (including phenoxy) is 1.